The van der Waals surface area contributed by atoms with Crippen LogP contribution in [-0.2, 0) is 6.61 Å². The molecule has 0 aliphatic heterocycles. The fourth-order valence-corrected chi connectivity index (χ4v) is 2.91. The van der Waals surface area contributed by atoms with E-state index in [2.05, 4.69) is 49.8 Å². The quantitative estimate of drug-likeness (QED) is 0.824. The van der Waals surface area contributed by atoms with Gasteiger partial charge in [-0.1, -0.05) is 20.8 Å². The van der Waals surface area contributed by atoms with Crippen molar-refractivity contribution in [2.75, 3.05) is 7.11 Å². The topological polar surface area (TPSA) is 38.7 Å². The van der Waals surface area contributed by atoms with Crippen LogP contribution in [0.25, 0.3) is 0 Å². The van der Waals surface area contributed by atoms with E-state index < -0.39 is 8.32 Å². The Morgan fingerprint density at radius 2 is 1.79 bits per heavy atom. The average Bonchev–Trinajstić information content (AvgIpc) is 2.27. The van der Waals surface area contributed by atoms with Gasteiger partial charge >= 0.3 is 0 Å². The predicted octanol–water partition coefficient (Wildman–Crippen LogP) is 4.33. The summed E-state index contributed by atoms with van der Waals surface area (Å²) in [6, 6.07) is 3.69. The lowest BCUT2D eigenvalue weighted by molar-refractivity contribution is 0.276. The lowest BCUT2D eigenvalue weighted by Gasteiger charge is -2.37. The van der Waals surface area contributed by atoms with Gasteiger partial charge in [0.05, 0.1) is 18.2 Å². The molecule has 108 valence electrons. The molecule has 0 aromatic heterocycles. The Morgan fingerprint density at radius 1 is 1.21 bits per heavy atom. The number of aliphatic hydroxyl groups is 1. The minimum Gasteiger partial charge on any atom is -0.543 e. The van der Waals surface area contributed by atoms with Crippen LogP contribution in [-0.4, -0.2) is 20.5 Å². The summed E-state index contributed by atoms with van der Waals surface area (Å²) < 4.78 is 12.3. The molecule has 0 fully saturated rings. The molecule has 1 N–H and O–H groups in total. The van der Waals surface area contributed by atoms with Crippen LogP contribution >= 0.6 is 15.9 Å². The molecule has 5 heteroatoms. The fourth-order valence-electron chi connectivity index (χ4n) is 1.38. The maximum atomic E-state index is 9.49. The van der Waals surface area contributed by atoms with Gasteiger partial charge in [-0.25, -0.2) is 0 Å². The van der Waals surface area contributed by atoms with Crippen LogP contribution in [0.2, 0.25) is 18.1 Å². The maximum Gasteiger partial charge on any atom is 0.250 e. The molecule has 0 radical (unpaired) electrons. The zero-order valence-electron chi connectivity index (χ0n) is 12.5. The summed E-state index contributed by atoms with van der Waals surface area (Å²) in [5, 5.41) is 9.61. The number of rotatable bonds is 4. The van der Waals surface area contributed by atoms with Gasteiger partial charge in [0.25, 0.3) is 0 Å². The number of methoxy groups -OCH3 is 1. The summed E-state index contributed by atoms with van der Waals surface area (Å²) in [6.07, 6.45) is 0. The standard InChI is InChI=1S/C14H23BrO3Si/c1-14(2,3)19(5,6)18-12-8-11(15)13(17-4)7-10(12)9-16/h7-8,16H,9H2,1-6H3. The SMILES string of the molecule is COc1cc(CO)c(O[Si](C)(C)C(C)(C)C)cc1Br. The zero-order chi connectivity index (χ0) is 14.8. The molecule has 0 aliphatic carbocycles. The molecule has 1 aromatic rings. The Bertz CT molecular complexity index is 453. The average molecular weight is 347 g/mol. The Balaban J connectivity index is 3.18. The van der Waals surface area contributed by atoms with Gasteiger partial charge in [0.15, 0.2) is 0 Å². The third-order valence-corrected chi connectivity index (χ3v) is 8.64. The van der Waals surface area contributed by atoms with Crippen LogP contribution in [0, 0.1) is 0 Å². The first kappa shape index (κ1) is 16.5. The monoisotopic (exact) mass is 346 g/mol. The van der Waals surface area contributed by atoms with Crippen molar-refractivity contribution in [2.45, 2.75) is 45.5 Å². The highest BCUT2D eigenvalue weighted by Gasteiger charge is 2.39. The molecule has 0 heterocycles. The van der Waals surface area contributed by atoms with Crippen molar-refractivity contribution < 1.29 is 14.3 Å². The minimum absolute atomic E-state index is 0.0619. The van der Waals surface area contributed by atoms with Gasteiger partial charge in [0.1, 0.15) is 11.5 Å². The van der Waals surface area contributed by atoms with E-state index >= 15 is 0 Å². The normalized spacial score (nSPS) is 12.4. The van der Waals surface area contributed by atoms with E-state index in [1.165, 1.54) is 0 Å². The Kier molecular flexibility index (Phi) is 5.09. The summed E-state index contributed by atoms with van der Waals surface area (Å²) >= 11 is 3.46. The Morgan fingerprint density at radius 3 is 2.21 bits per heavy atom. The van der Waals surface area contributed by atoms with Crippen molar-refractivity contribution >= 4 is 24.2 Å². The summed E-state index contributed by atoms with van der Waals surface area (Å²) in [7, 11) is -0.310. The third kappa shape index (κ3) is 3.74. The van der Waals surface area contributed by atoms with Crippen molar-refractivity contribution in [2.24, 2.45) is 0 Å². The van der Waals surface area contributed by atoms with Crippen LogP contribution in [0.4, 0.5) is 0 Å². The highest BCUT2D eigenvalue weighted by molar-refractivity contribution is 9.10. The smallest absolute Gasteiger partial charge is 0.250 e. The first-order chi connectivity index (χ1) is 8.62. The number of hydrogen-bond acceptors (Lipinski definition) is 3. The Labute approximate surface area is 125 Å². The largest absolute Gasteiger partial charge is 0.543 e. The van der Waals surface area contributed by atoms with E-state index in [1.54, 1.807) is 7.11 Å². The van der Waals surface area contributed by atoms with Gasteiger partial charge in [-0.2, -0.15) is 0 Å². The molecule has 0 amide bonds. The van der Waals surface area contributed by atoms with Gasteiger partial charge < -0.3 is 14.3 Å². The predicted molar refractivity (Wildman–Crippen MR) is 84.4 cm³/mol. The molecule has 0 saturated carbocycles. The van der Waals surface area contributed by atoms with Gasteiger partial charge in [0.2, 0.25) is 8.32 Å². The van der Waals surface area contributed by atoms with Crippen molar-refractivity contribution in [3.05, 3.63) is 22.2 Å². The molecule has 0 atom stereocenters. The van der Waals surface area contributed by atoms with Crippen LogP contribution in [0.5, 0.6) is 11.5 Å². The highest BCUT2D eigenvalue weighted by Crippen LogP contribution is 2.40. The second-order valence-corrected chi connectivity index (χ2v) is 11.7. The van der Waals surface area contributed by atoms with E-state index in [0.717, 1.165) is 15.8 Å². The minimum atomic E-state index is -1.92. The molecule has 3 nitrogen and oxygen atoms in total. The molecule has 1 aromatic carbocycles. The lowest BCUT2D eigenvalue weighted by atomic mass is 10.2. The molecule has 0 saturated heterocycles. The lowest BCUT2D eigenvalue weighted by Crippen LogP contribution is -2.44. The molecule has 0 spiro atoms. The van der Waals surface area contributed by atoms with Gasteiger partial charge in [-0.3, -0.25) is 0 Å². The number of halogens is 1. The van der Waals surface area contributed by atoms with Crippen molar-refractivity contribution in [3.8, 4) is 11.5 Å². The van der Waals surface area contributed by atoms with E-state index in [1.807, 2.05) is 12.1 Å². The van der Waals surface area contributed by atoms with Crippen molar-refractivity contribution in [1.29, 1.82) is 0 Å². The first-order valence-corrected chi connectivity index (χ1v) is 9.99. The van der Waals surface area contributed by atoms with Gasteiger partial charge in [-0.05, 0) is 46.2 Å². The first-order valence-electron chi connectivity index (χ1n) is 6.28. The molecule has 1 rings (SSSR count). The summed E-state index contributed by atoms with van der Waals surface area (Å²) in [5.74, 6) is 1.44. The molecule has 0 aliphatic rings. The van der Waals surface area contributed by atoms with Crippen LogP contribution in [0.3, 0.4) is 0 Å². The zero-order valence-corrected chi connectivity index (χ0v) is 15.1. The number of hydrogen-bond donors (Lipinski definition) is 1. The highest BCUT2D eigenvalue weighted by atomic mass is 79.9. The third-order valence-electron chi connectivity index (χ3n) is 3.68. The van der Waals surface area contributed by atoms with E-state index in [-0.39, 0.29) is 11.6 Å². The molecular weight excluding hydrogens is 324 g/mol. The molecule has 19 heavy (non-hydrogen) atoms. The summed E-state index contributed by atoms with van der Waals surface area (Å²) in [4.78, 5) is 0. The molecule has 0 unspecified atom stereocenters. The second-order valence-electron chi connectivity index (χ2n) is 6.11. The number of ether oxygens (including phenoxy) is 1. The maximum absolute atomic E-state index is 9.49. The van der Waals surface area contributed by atoms with Gasteiger partial charge in [-0.15, -0.1) is 0 Å². The second kappa shape index (κ2) is 5.85. The fraction of sp³-hybridized carbons (Fsp3) is 0.571. The molecular formula is C14H23BrO3Si. The number of aliphatic hydroxyl groups excluding tert-OH is 1. The van der Waals surface area contributed by atoms with Crippen LogP contribution < -0.4 is 9.16 Å². The van der Waals surface area contributed by atoms with Crippen molar-refractivity contribution in [1.82, 2.24) is 0 Å². The Hall–Kier alpha value is -0.523. The van der Waals surface area contributed by atoms with E-state index in [9.17, 15) is 5.11 Å². The summed E-state index contributed by atoms with van der Waals surface area (Å²) in [5.41, 5.74) is 0.755. The van der Waals surface area contributed by atoms with Crippen LogP contribution in [0.15, 0.2) is 16.6 Å². The summed E-state index contributed by atoms with van der Waals surface area (Å²) in [6.45, 7) is 10.9. The van der Waals surface area contributed by atoms with E-state index in [0.29, 0.717) is 5.75 Å². The van der Waals surface area contributed by atoms with Crippen molar-refractivity contribution in [3.63, 3.8) is 0 Å². The van der Waals surface area contributed by atoms with Gasteiger partial charge in [0, 0.05) is 5.56 Å². The number of benzene rings is 1. The van der Waals surface area contributed by atoms with Crippen LogP contribution in [0.1, 0.15) is 26.3 Å². The van der Waals surface area contributed by atoms with E-state index in [4.69, 9.17) is 9.16 Å². The molecule has 0 bridgehead atoms.